The fourth-order valence-electron chi connectivity index (χ4n) is 3.96. The number of sulfonamides is 1. The third kappa shape index (κ3) is 5.70. The summed E-state index contributed by atoms with van der Waals surface area (Å²) in [6, 6.07) is 11.0. The van der Waals surface area contributed by atoms with Gasteiger partial charge in [-0.05, 0) is 50.1 Å². The molecule has 2 heterocycles. The van der Waals surface area contributed by atoms with Crippen LogP contribution in [0.15, 0.2) is 57.9 Å². The Hall–Kier alpha value is -4.59. The van der Waals surface area contributed by atoms with Gasteiger partial charge in [0, 0.05) is 30.8 Å². The molecule has 0 unspecified atom stereocenters. The second-order valence-electron chi connectivity index (χ2n) is 8.53. The van der Waals surface area contributed by atoms with Crippen molar-refractivity contribution in [2.45, 2.75) is 37.5 Å². The summed E-state index contributed by atoms with van der Waals surface area (Å²) in [4.78, 5) is 48.8. The van der Waals surface area contributed by atoms with Crippen LogP contribution in [0, 0.1) is 17.0 Å². The van der Waals surface area contributed by atoms with E-state index in [1.54, 1.807) is 6.92 Å². The lowest BCUT2D eigenvalue weighted by atomic mass is 10.1. The topological polar surface area (TPSA) is 182 Å². The number of aryl methyl sites for hydroxylation is 1. The van der Waals surface area contributed by atoms with Gasteiger partial charge in [-0.1, -0.05) is 17.6 Å². The molecule has 0 atom stereocenters. The van der Waals surface area contributed by atoms with Crippen molar-refractivity contribution < 1.29 is 32.2 Å². The molecule has 1 aliphatic heterocycles. The Kier molecular flexibility index (Phi) is 7.52. The summed E-state index contributed by atoms with van der Waals surface area (Å²) in [5.41, 5.74) is -0.151. The molecule has 0 saturated carbocycles. The first-order valence-electron chi connectivity index (χ1n) is 11.6. The highest BCUT2D eigenvalue weighted by molar-refractivity contribution is 7.92. The van der Waals surface area contributed by atoms with E-state index in [2.05, 4.69) is 15.2 Å². The number of imide groups is 1. The van der Waals surface area contributed by atoms with Crippen molar-refractivity contribution in [3.63, 3.8) is 0 Å². The van der Waals surface area contributed by atoms with E-state index in [4.69, 9.17) is 4.52 Å². The summed E-state index contributed by atoms with van der Waals surface area (Å²) >= 11 is 0. The largest absolute Gasteiger partial charge is 0.360 e. The summed E-state index contributed by atoms with van der Waals surface area (Å²) < 4.78 is 32.0. The van der Waals surface area contributed by atoms with Gasteiger partial charge in [0.15, 0.2) is 5.82 Å². The van der Waals surface area contributed by atoms with Gasteiger partial charge in [-0.2, -0.15) is 0 Å². The zero-order chi connectivity index (χ0) is 27.4. The minimum absolute atomic E-state index is 0.0189. The molecule has 0 fully saturated rings. The van der Waals surface area contributed by atoms with Crippen molar-refractivity contribution in [1.82, 2.24) is 10.1 Å². The number of anilines is 2. The van der Waals surface area contributed by atoms with Gasteiger partial charge < -0.3 is 9.84 Å². The van der Waals surface area contributed by atoms with Gasteiger partial charge >= 0.3 is 0 Å². The van der Waals surface area contributed by atoms with E-state index in [0.29, 0.717) is 30.7 Å². The number of unbranched alkanes of at least 4 members (excludes halogenated alkanes) is 2. The fraction of sp³-hybridized carbons (Fsp3) is 0.250. The number of amides is 3. The molecule has 1 aliphatic rings. The Morgan fingerprint density at radius 1 is 1.08 bits per heavy atom. The molecule has 0 spiro atoms. The Labute approximate surface area is 217 Å². The molecule has 0 aliphatic carbocycles. The molecule has 0 radical (unpaired) electrons. The molecule has 0 saturated heterocycles. The third-order valence-corrected chi connectivity index (χ3v) is 7.15. The second-order valence-corrected chi connectivity index (χ2v) is 10.2. The molecule has 4 rings (SSSR count). The summed E-state index contributed by atoms with van der Waals surface area (Å²) in [5.74, 6) is -1.02. The Bertz CT molecular complexity index is 1510. The second kappa shape index (κ2) is 10.8. The van der Waals surface area contributed by atoms with Gasteiger partial charge in [0.05, 0.1) is 15.4 Å². The summed E-state index contributed by atoms with van der Waals surface area (Å²) in [6.07, 6.45) is 1.60. The van der Waals surface area contributed by atoms with Crippen LogP contribution in [0.5, 0.6) is 0 Å². The number of nitro benzene ring substituents is 1. The predicted octanol–water partition coefficient (Wildman–Crippen LogP) is 3.49. The summed E-state index contributed by atoms with van der Waals surface area (Å²) in [5, 5.41) is 17.5. The summed E-state index contributed by atoms with van der Waals surface area (Å²) in [6.45, 7) is 1.72. The number of nitro groups is 1. The average molecular weight is 542 g/mol. The number of carbonyl (C=O) groups is 3. The quantitative estimate of drug-likeness (QED) is 0.159. The maximum atomic E-state index is 12.6. The number of hydrogen-bond donors (Lipinski definition) is 2. The van der Waals surface area contributed by atoms with Gasteiger partial charge in [0.25, 0.3) is 27.5 Å². The fourth-order valence-corrected chi connectivity index (χ4v) is 4.94. The normalized spacial score (nSPS) is 12.9. The van der Waals surface area contributed by atoms with Crippen molar-refractivity contribution >= 4 is 44.9 Å². The molecule has 198 valence electrons. The standard InChI is InChI=1S/C24H23N5O8S/c1-15-14-20(26-37-15)27-38(35,36)17-11-9-16(10-12-17)25-21(30)8-3-2-4-13-28-23(31)18-6-5-7-19(29(33)34)22(18)24(28)32/h5-7,9-12,14H,2-4,8,13H2,1H3,(H,25,30)(H,26,27). The van der Waals surface area contributed by atoms with Crippen LogP contribution in [-0.2, 0) is 14.8 Å². The molecular formula is C24H23N5O8S. The van der Waals surface area contributed by atoms with E-state index in [0.717, 1.165) is 4.90 Å². The number of carbonyl (C=O) groups excluding carboxylic acids is 3. The third-order valence-electron chi connectivity index (χ3n) is 5.77. The zero-order valence-corrected chi connectivity index (χ0v) is 21.0. The zero-order valence-electron chi connectivity index (χ0n) is 20.2. The molecule has 2 aromatic carbocycles. The van der Waals surface area contributed by atoms with E-state index in [-0.39, 0.29) is 40.7 Å². The molecule has 13 nitrogen and oxygen atoms in total. The number of aromatic nitrogens is 1. The van der Waals surface area contributed by atoms with E-state index < -0.39 is 32.4 Å². The molecule has 3 amide bonds. The molecule has 38 heavy (non-hydrogen) atoms. The molecule has 2 N–H and O–H groups in total. The highest BCUT2D eigenvalue weighted by Crippen LogP contribution is 2.31. The molecular weight excluding hydrogens is 518 g/mol. The minimum atomic E-state index is -3.88. The number of benzene rings is 2. The van der Waals surface area contributed by atoms with E-state index in [1.807, 2.05) is 0 Å². The van der Waals surface area contributed by atoms with Gasteiger partial charge in [-0.25, -0.2) is 8.42 Å². The van der Waals surface area contributed by atoms with Crippen LogP contribution in [0.4, 0.5) is 17.2 Å². The number of nitrogens with one attached hydrogen (secondary N) is 2. The van der Waals surface area contributed by atoms with Crippen LogP contribution in [0.3, 0.4) is 0 Å². The lowest BCUT2D eigenvalue weighted by Crippen LogP contribution is -2.30. The number of rotatable bonds is 11. The number of nitrogens with zero attached hydrogens (tertiary/aromatic N) is 3. The van der Waals surface area contributed by atoms with Crippen molar-refractivity contribution in [3.05, 3.63) is 75.5 Å². The first-order chi connectivity index (χ1) is 18.1. The Morgan fingerprint density at radius 2 is 1.82 bits per heavy atom. The van der Waals surface area contributed by atoms with Crippen LogP contribution in [0.25, 0.3) is 0 Å². The van der Waals surface area contributed by atoms with Crippen LogP contribution < -0.4 is 10.0 Å². The highest BCUT2D eigenvalue weighted by atomic mass is 32.2. The lowest BCUT2D eigenvalue weighted by Gasteiger charge is -2.13. The van der Waals surface area contributed by atoms with Crippen LogP contribution >= 0.6 is 0 Å². The predicted molar refractivity (Wildman–Crippen MR) is 134 cm³/mol. The van der Waals surface area contributed by atoms with Crippen LogP contribution in [-0.4, -0.2) is 47.7 Å². The molecule has 14 heteroatoms. The maximum Gasteiger partial charge on any atom is 0.282 e. The smallest absolute Gasteiger partial charge is 0.282 e. The van der Waals surface area contributed by atoms with Crippen molar-refractivity contribution in [3.8, 4) is 0 Å². The molecule has 3 aromatic rings. The highest BCUT2D eigenvalue weighted by Gasteiger charge is 2.40. The van der Waals surface area contributed by atoms with Gasteiger partial charge in [-0.3, -0.25) is 34.1 Å². The SMILES string of the molecule is Cc1cc(NS(=O)(=O)c2ccc(NC(=O)CCCCCN3C(=O)c4cccc([N+](=O)[O-])c4C3=O)cc2)no1. The first kappa shape index (κ1) is 26.5. The van der Waals surface area contributed by atoms with Gasteiger partial charge in [0.1, 0.15) is 11.3 Å². The van der Waals surface area contributed by atoms with Crippen LogP contribution in [0.2, 0.25) is 0 Å². The average Bonchev–Trinajstić information content (AvgIpc) is 3.38. The minimum Gasteiger partial charge on any atom is -0.360 e. The first-order valence-corrected chi connectivity index (χ1v) is 13.0. The maximum absolute atomic E-state index is 12.6. The summed E-state index contributed by atoms with van der Waals surface area (Å²) in [7, 11) is -3.88. The van der Waals surface area contributed by atoms with E-state index in [9.17, 15) is 32.9 Å². The Morgan fingerprint density at radius 3 is 2.47 bits per heavy atom. The monoisotopic (exact) mass is 541 g/mol. The van der Waals surface area contributed by atoms with Crippen molar-refractivity contribution in [2.24, 2.45) is 0 Å². The molecule has 0 bridgehead atoms. The van der Waals surface area contributed by atoms with E-state index >= 15 is 0 Å². The number of fused-ring (bicyclic) bond motifs is 1. The van der Waals surface area contributed by atoms with E-state index in [1.165, 1.54) is 48.5 Å². The Balaban J connectivity index is 1.22. The van der Waals surface area contributed by atoms with Crippen molar-refractivity contribution in [2.75, 3.05) is 16.6 Å². The van der Waals surface area contributed by atoms with Gasteiger partial charge in [-0.15, -0.1) is 0 Å². The molecule has 1 aromatic heterocycles. The van der Waals surface area contributed by atoms with Crippen LogP contribution in [0.1, 0.15) is 52.2 Å². The lowest BCUT2D eigenvalue weighted by molar-refractivity contribution is -0.385. The van der Waals surface area contributed by atoms with Crippen molar-refractivity contribution in [1.29, 1.82) is 0 Å². The number of hydrogen-bond acceptors (Lipinski definition) is 9. The van der Waals surface area contributed by atoms with Gasteiger partial charge in [0.2, 0.25) is 5.91 Å².